The zero-order chi connectivity index (χ0) is 31.1. The van der Waals surface area contributed by atoms with Crippen molar-refractivity contribution in [2.75, 3.05) is 46.3 Å². The number of hydrogen-bond donors (Lipinski definition) is 1. The molecular formula is C31H37N7O5-2. The molecule has 0 spiro atoms. The van der Waals surface area contributed by atoms with Crippen molar-refractivity contribution < 1.29 is 24.6 Å². The number of carboxylic acids is 2. The Morgan fingerprint density at radius 3 is 1.21 bits per heavy atom. The Labute approximate surface area is 251 Å². The van der Waals surface area contributed by atoms with E-state index in [-0.39, 0.29) is 17.3 Å². The van der Waals surface area contributed by atoms with E-state index in [4.69, 9.17) is 0 Å². The second-order valence-electron chi connectivity index (χ2n) is 11.0. The van der Waals surface area contributed by atoms with Crippen molar-refractivity contribution in [1.82, 2.24) is 35.0 Å². The van der Waals surface area contributed by atoms with Crippen LogP contribution in [0.25, 0.3) is 0 Å². The van der Waals surface area contributed by atoms with Crippen molar-refractivity contribution in [2.24, 2.45) is 0 Å². The van der Waals surface area contributed by atoms with Crippen LogP contribution in [-0.4, -0.2) is 93.8 Å². The summed E-state index contributed by atoms with van der Waals surface area (Å²) in [5.41, 5.74) is 4.80. The van der Waals surface area contributed by atoms with Gasteiger partial charge in [0.05, 0.1) is 40.4 Å². The van der Waals surface area contributed by atoms with Crippen molar-refractivity contribution in [2.45, 2.75) is 40.4 Å². The lowest BCUT2D eigenvalue weighted by molar-refractivity contribution is -0.256. The van der Waals surface area contributed by atoms with Gasteiger partial charge in [-0.1, -0.05) is 0 Å². The molecule has 12 heteroatoms. The summed E-state index contributed by atoms with van der Waals surface area (Å²) in [4.78, 5) is 55.2. The van der Waals surface area contributed by atoms with Crippen LogP contribution >= 0.6 is 0 Å². The molecule has 1 aliphatic heterocycles. The average Bonchev–Trinajstić information content (AvgIpc) is 3.03. The number of amides is 1. The predicted molar refractivity (Wildman–Crippen MR) is 155 cm³/mol. The van der Waals surface area contributed by atoms with Gasteiger partial charge in [0.1, 0.15) is 5.69 Å². The molecule has 4 heterocycles. The SMILES string of the molecule is CNC(=O)c1cc(C)cc(CN2CCN(Cc3cc(C)cc(C(=O)[O-])n3)CCN(Cc3cc(C)cc(C(=O)[O-])n3)CC2)n1. The molecule has 0 saturated carbocycles. The lowest BCUT2D eigenvalue weighted by Gasteiger charge is -2.26. The zero-order valence-electron chi connectivity index (χ0n) is 25.1. The highest BCUT2D eigenvalue weighted by atomic mass is 16.4. The molecule has 1 N–H and O–H groups in total. The summed E-state index contributed by atoms with van der Waals surface area (Å²) < 4.78 is 0. The molecule has 0 aliphatic carbocycles. The molecule has 0 aromatic carbocycles. The van der Waals surface area contributed by atoms with E-state index in [0.717, 1.165) is 22.4 Å². The Morgan fingerprint density at radius 1 is 0.605 bits per heavy atom. The van der Waals surface area contributed by atoms with E-state index in [1.54, 1.807) is 13.1 Å². The molecule has 4 rings (SSSR count). The number of hydrogen-bond acceptors (Lipinski definition) is 11. The minimum absolute atomic E-state index is 0.0887. The summed E-state index contributed by atoms with van der Waals surface area (Å²) in [6.07, 6.45) is 0. The van der Waals surface area contributed by atoms with Crippen LogP contribution in [0.5, 0.6) is 0 Å². The third-order valence-corrected chi connectivity index (χ3v) is 7.30. The highest BCUT2D eigenvalue weighted by Gasteiger charge is 2.20. The number of pyridine rings is 3. The monoisotopic (exact) mass is 587 g/mol. The zero-order valence-corrected chi connectivity index (χ0v) is 25.1. The number of carbonyl (C=O) groups is 3. The summed E-state index contributed by atoms with van der Waals surface area (Å²) in [5.74, 6) is -2.86. The van der Waals surface area contributed by atoms with E-state index in [9.17, 15) is 24.6 Å². The second kappa shape index (κ2) is 14.3. The fraction of sp³-hybridized carbons (Fsp3) is 0.419. The molecule has 0 unspecified atom stereocenters. The maximum absolute atomic E-state index is 12.3. The summed E-state index contributed by atoms with van der Waals surface area (Å²) in [6, 6.07) is 10.5. The first-order chi connectivity index (χ1) is 20.5. The Hall–Kier alpha value is -4.26. The number of nitrogens with one attached hydrogen (secondary N) is 1. The van der Waals surface area contributed by atoms with E-state index in [2.05, 4.69) is 35.0 Å². The number of carbonyl (C=O) groups excluding carboxylic acids is 3. The van der Waals surface area contributed by atoms with Crippen LogP contribution in [0, 0.1) is 20.8 Å². The average molecular weight is 588 g/mol. The summed E-state index contributed by atoms with van der Waals surface area (Å²) in [5, 5.41) is 25.6. The van der Waals surface area contributed by atoms with Crippen molar-refractivity contribution in [3.05, 3.63) is 87.3 Å². The third kappa shape index (κ3) is 9.11. The topological polar surface area (TPSA) is 158 Å². The quantitative estimate of drug-likeness (QED) is 0.351. The second-order valence-corrected chi connectivity index (χ2v) is 11.0. The van der Waals surface area contributed by atoms with Crippen LogP contribution in [0.4, 0.5) is 0 Å². The lowest BCUT2D eigenvalue weighted by Crippen LogP contribution is -2.36. The van der Waals surface area contributed by atoms with Gasteiger partial charge in [-0.15, -0.1) is 0 Å². The van der Waals surface area contributed by atoms with Crippen LogP contribution in [0.1, 0.15) is 65.2 Å². The van der Waals surface area contributed by atoms with Gasteiger partial charge in [0.25, 0.3) is 5.91 Å². The van der Waals surface area contributed by atoms with Crippen molar-refractivity contribution in [3.63, 3.8) is 0 Å². The highest BCUT2D eigenvalue weighted by Crippen LogP contribution is 2.14. The number of aromatic nitrogens is 3. The van der Waals surface area contributed by atoms with Crippen molar-refractivity contribution in [3.8, 4) is 0 Å². The molecule has 228 valence electrons. The molecule has 3 aromatic rings. The molecule has 1 saturated heterocycles. The van der Waals surface area contributed by atoms with E-state index in [1.807, 2.05) is 39.0 Å². The Morgan fingerprint density at radius 2 is 0.907 bits per heavy atom. The van der Waals surface area contributed by atoms with Gasteiger partial charge in [-0.3, -0.25) is 29.5 Å². The van der Waals surface area contributed by atoms with Gasteiger partial charge in [0.2, 0.25) is 0 Å². The number of nitrogens with zero attached hydrogens (tertiary/aromatic N) is 6. The smallest absolute Gasteiger partial charge is 0.269 e. The summed E-state index contributed by atoms with van der Waals surface area (Å²) in [7, 11) is 1.58. The highest BCUT2D eigenvalue weighted by molar-refractivity contribution is 5.92. The third-order valence-electron chi connectivity index (χ3n) is 7.30. The molecule has 3 aromatic heterocycles. The molecule has 0 atom stereocenters. The molecule has 1 amide bonds. The summed E-state index contributed by atoms with van der Waals surface area (Å²) in [6.45, 7) is 11.2. The molecule has 43 heavy (non-hydrogen) atoms. The van der Waals surface area contributed by atoms with Crippen LogP contribution in [0.2, 0.25) is 0 Å². The number of carboxylic acid groups (broad SMARTS) is 2. The Bertz CT molecular complexity index is 1420. The largest absolute Gasteiger partial charge is 0.543 e. The van der Waals surface area contributed by atoms with Crippen LogP contribution in [-0.2, 0) is 19.6 Å². The number of aromatic carboxylic acids is 2. The van der Waals surface area contributed by atoms with Crippen molar-refractivity contribution >= 4 is 17.8 Å². The van der Waals surface area contributed by atoms with Gasteiger partial charge in [-0.2, -0.15) is 0 Å². The standard InChI is InChI=1S/C31H39N7O5/c1-20-11-23(33-26(14-20)29(39)32-4)17-36-5-7-37(18-24-12-21(2)15-27(34-24)30(40)41)9-10-38(8-6-36)19-25-13-22(3)16-28(35-25)31(42)43/h11-16H,5-10,17-19H2,1-4H3,(H,32,39)(H,40,41)(H,42,43)/p-2. The maximum Gasteiger partial charge on any atom is 0.269 e. The predicted octanol–water partition coefficient (Wildman–Crippen LogP) is -0.297. The molecule has 0 radical (unpaired) electrons. The van der Waals surface area contributed by atoms with Crippen LogP contribution in [0.15, 0.2) is 36.4 Å². The van der Waals surface area contributed by atoms with E-state index < -0.39 is 11.9 Å². The minimum Gasteiger partial charge on any atom is -0.543 e. The van der Waals surface area contributed by atoms with Gasteiger partial charge in [-0.05, 0) is 73.9 Å². The Kier molecular flexibility index (Phi) is 10.5. The lowest BCUT2D eigenvalue weighted by atomic mass is 10.2. The van der Waals surface area contributed by atoms with E-state index in [0.29, 0.717) is 76.0 Å². The van der Waals surface area contributed by atoms with Crippen LogP contribution < -0.4 is 15.5 Å². The van der Waals surface area contributed by atoms with Gasteiger partial charge < -0.3 is 25.1 Å². The maximum atomic E-state index is 12.3. The number of aryl methyl sites for hydroxylation is 3. The first-order valence-corrected chi connectivity index (χ1v) is 14.2. The van der Waals surface area contributed by atoms with E-state index >= 15 is 0 Å². The molecule has 12 nitrogen and oxygen atoms in total. The van der Waals surface area contributed by atoms with Gasteiger partial charge in [-0.25, -0.2) is 4.98 Å². The van der Waals surface area contributed by atoms with Gasteiger partial charge >= 0.3 is 0 Å². The fourth-order valence-corrected chi connectivity index (χ4v) is 5.26. The van der Waals surface area contributed by atoms with Crippen LogP contribution in [0.3, 0.4) is 0 Å². The molecule has 1 fully saturated rings. The minimum atomic E-state index is -1.31. The molecule has 0 bridgehead atoms. The first kappa shape index (κ1) is 31.7. The normalized spacial score (nSPS) is 15.3. The molecule has 1 aliphatic rings. The Balaban J connectivity index is 1.58. The van der Waals surface area contributed by atoms with Gasteiger partial charge in [0.15, 0.2) is 0 Å². The number of rotatable bonds is 9. The van der Waals surface area contributed by atoms with E-state index in [1.165, 1.54) is 12.1 Å². The first-order valence-electron chi connectivity index (χ1n) is 14.2. The summed E-state index contributed by atoms with van der Waals surface area (Å²) >= 11 is 0. The van der Waals surface area contributed by atoms with Crippen molar-refractivity contribution in [1.29, 1.82) is 0 Å². The van der Waals surface area contributed by atoms with Gasteiger partial charge in [0, 0.05) is 66.0 Å². The fourth-order valence-electron chi connectivity index (χ4n) is 5.26. The molecular weight excluding hydrogens is 550 g/mol.